The van der Waals surface area contributed by atoms with E-state index in [0.717, 1.165) is 113 Å². The number of carbonyl (C=O) groups excluding carboxylic acids is 3. The summed E-state index contributed by atoms with van der Waals surface area (Å²) in [5, 5.41) is 7.41. The third-order valence-electron chi connectivity index (χ3n) is 13.9. The lowest BCUT2D eigenvalue weighted by atomic mass is 9.91. The molecular formula is C53H73N7O4. The number of allylic oxidation sites excluding steroid dienone is 5. The molecule has 4 heterocycles. The fourth-order valence-electron chi connectivity index (χ4n) is 10.0. The van der Waals surface area contributed by atoms with Gasteiger partial charge >= 0.3 is 0 Å². The number of benzene rings is 2. The van der Waals surface area contributed by atoms with E-state index in [1.165, 1.54) is 39.4 Å². The average Bonchev–Trinajstić information content (AvgIpc) is 3.41. The number of amides is 1. The van der Waals surface area contributed by atoms with Gasteiger partial charge in [0.1, 0.15) is 24.3 Å². The number of hydrogen-bond acceptors (Lipinski definition) is 10. The van der Waals surface area contributed by atoms with Gasteiger partial charge in [-0.25, -0.2) is 0 Å². The topological polar surface area (TPSA) is 133 Å². The number of anilines is 2. The Morgan fingerprint density at radius 1 is 1.06 bits per heavy atom. The number of ether oxygens (including phenoxy) is 1. The van der Waals surface area contributed by atoms with Gasteiger partial charge in [-0.1, -0.05) is 65.1 Å². The lowest BCUT2D eigenvalue weighted by Gasteiger charge is -2.38. The third-order valence-corrected chi connectivity index (χ3v) is 13.9. The van der Waals surface area contributed by atoms with Gasteiger partial charge in [-0.15, -0.1) is 5.73 Å². The van der Waals surface area contributed by atoms with Crippen LogP contribution in [0.5, 0.6) is 0 Å². The van der Waals surface area contributed by atoms with Crippen LogP contribution >= 0.6 is 0 Å². The highest BCUT2D eigenvalue weighted by Gasteiger charge is 2.32. The summed E-state index contributed by atoms with van der Waals surface area (Å²) >= 11 is 0. The molecule has 0 aromatic heterocycles. The fourth-order valence-corrected chi connectivity index (χ4v) is 10.0. The van der Waals surface area contributed by atoms with Crippen molar-refractivity contribution < 1.29 is 22.0 Å². The highest BCUT2D eigenvalue weighted by Crippen LogP contribution is 2.38. The summed E-state index contributed by atoms with van der Waals surface area (Å²) < 4.78 is 6.11. The molecule has 1 saturated heterocycles. The number of rotatable bonds is 12. The van der Waals surface area contributed by atoms with Crippen molar-refractivity contribution in [3.63, 3.8) is 0 Å². The van der Waals surface area contributed by atoms with E-state index in [9.17, 15) is 14.4 Å². The van der Waals surface area contributed by atoms with Crippen LogP contribution in [0.15, 0.2) is 111 Å². The summed E-state index contributed by atoms with van der Waals surface area (Å²) in [6.07, 6.45) is 9.25. The summed E-state index contributed by atoms with van der Waals surface area (Å²) in [5.41, 5.74) is 22.5. The highest BCUT2D eigenvalue weighted by molar-refractivity contribution is 6.13. The molecule has 8 rings (SSSR count). The number of nitrogens with one attached hydrogen (secondary N) is 2. The van der Waals surface area contributed by atoms with E-state index in [2.05, 4.69) is 102 Å². The van der Waals surface area contributed by atoms with E-state index in [0.29, 0.717) is 43.1 Å². The number of hydrogen-bond donors (Lipinski definition) is 3. The van der Waals surface area contributed by atoms with Gasteiger partial charge in [0.2, 0.25) is 5.91 Å². The van der Waals surface area contributed by atoms with Crippen molar-refractivity contribution >= 4 is 35.1 Å². The maximum Gasteiger partial charge on any atom is 0.217 e. The number of carbonyl (C=O) groups is 3. The molecule has 6 aliphatic rings. The van der Waals surface area contributed by atoms with Crippen LogP contribution < -0.4 is 21.3 Å². The lowest BCUT2D eigenvalue weighted by Crippen LogP contribution is -2.46. The SMILES string of the molecule is C=C=C(Cc1ccc(NC2N=CC3=C(CC2C)CN(C2=C(C)C4=C(CC(C)C2)OCCN4)CC3)cc1)N1CCN(c2cccc3c2CC(=C)C3=O)CC1.CCC(=O)C(C)CCC(N)=O.[HH].[HH]. The number of primary amides is 1. The van der Waals surface area contributed by atoms with Gasteiger partial charge in [-0.3, -0.25) is 19.4 Å². The summed E-state index contributed by atoms with van der Waals surface area (Å²) in [6, 6.07) is 14.9. The van der Waals surface area contributed by atoms with Gasteiger partial charge in [0.15, 0.2) is 5.78 Å². The Morgan fingerprint density at radius 2 is 1.83 bits per heavy atom. The smallest absolute Gasteiger partial charge is 0.217 e. The average molecular weight is 872 g/mol. The van der Waals surface area contributed by atoms with Gasteiger partial charge in [-0.05, 0) is 90.1 Å². The molecular weight excluding hydrogens is 799 g/mol. The Bertz CT molecular complexity index is 2300. The summed E-state index contributed by atoms with van der Waals surface area (Å²) in [6.45, 7) is 25.9. The third kappa shape index (κ3) is 10.8. The molecule has 4 aliphatic heterocycles. The Morgan fingerprint density at radius 3 is 2.55 bits per heavy atom. The normalized spacial score (nSPS) is 22.5. The van der Waals surface area contributed by atoms with Gasteiger partial charge in [0.05, 0.1) is 11.4 Å². The van der Waals surface area contributed by atoms with Crippen molar-refractivity contribution in [2.45, 2.75) is 98.6 Å². The molecule has 344 valence electrons. The van der Waals surface area contributed by atoms with Crippen LogP contribution in [0, 0.1) is 17.8 Å². The summed E-state index contributed by atoms with van der Waals surface area (Å²) in [7, 11) is 0. The first-order valence-electron chi connectivity index (χ1n) is 23.5. The molecule has 11 nitrogen and oxygen atoms in total. The van der Waals surface area contributed by atoms with Gasteiger partial charge in [-0.2, -0.15) is 0 Å². The van der Waals surface area contributed by atoms with Crippen molar-refractivity contribution in [1.82, 2.24) is 15.1 Å². The van der Waals surface area contributed by atoms with Gasteiger partial charge in [0, 0.05) is 121 Å². The van der Waals surface area contributed by atoms with Crippen LogP contribution in [-0.4, -0.2) is 92.1 Å². The number of Topliss-reactive ketones (excluding diaryl/α,β-unsaturated/α-hetero) is 2. The number of nitrogens with zero attached hydrogens (tertiary/aromatic N) is 4. The molecule has 2 aromatic rings. The molecule has 0 saturated carbocycles. The molecule has 1 amide bonds. The largest absolute Gasteiger partial charge is 0.494 e. The molecule has 4 unspecified atom stereocenters. The van der Waals surface area contributed by atoms with E-state index in [-0.39, 0.29) is 32.4 Å². The molecule has 2 aromatic carbocycles. The molecule has 11 heteroatoms. The van der Waals surface area contributed by atoms with Crippen molar-refractivity contribution in [1.29, 1.82) is 0 Å². The van der Waals surface area contributed by atoms with Crippen molar-refractivity contribution in [3.05, 3.63) is 123 Å². The van der Waals surface area contributed by atoms with E-state index in [4.69, 9.17) is 15.5 Å². The summed E-state index contributed by atoms with van der Waals surface area (Å²) in [5.74, 6) is 2.02. The molecule has 0 radical (unpaired) electrons. The van der Waals surface area contributed by atoms with E-state index < -0.39 is 0 Å². The zero-order valence-electron chi connectivity index (χ0n) is 38.9. The number of piperazine rings is 1. The van der Waals surface area contributed by atoms with E-state index in [1.54, 1.807) is 0 Å². The first-order chi connectivity index (χ1) is 30.8. The number of nitrogens with two attached hydrogens (primary N) is 1. The zero-order valence-corrected chi connectivity index (χ0v) is 38.9. The van der Waals surface area contributed by atoms with Crippen molar-refractivity contribution in [2.24, 2.45) is 28.5 Å². The second kappa shape index (κ2) is 20.8. The fraction of sp³-hybridized carbons (Fsp3) is 0.491. The first-order valence-corrected chi connectivity index (χ1v) is 23.5. The van der Waals surface area contributed by atoms with Crippen LogP contribution in [0.3, 0.4) is 0 Å². The van der Waals surface area contributed by atoms with E-state index in [1.807, 2.05) is 26.0 Å². The lowest BCUT2D eigenvalue weighted by molar-refractivity contribution is -0.122. The minimum absolute atomic E-state index is 0. The zero-order chi connectivity index (χ0) is 45.5. The van der Waals surface area contributed by atoms with Crippen molar-refractivity contribution in [2.75, 3.05) is 62.6 Å². The maximum absolute atomic E-state index is 12.5. The van der Waals surface area contributed by atoms with Gasteiger partial charge < -0.3 is 35.8 Å². The van der Waals surface area contributed by atoms with Crippen molar-refractivity contribution in [3.8, 4) is 0 Å². The monoisotopic (exact) mass is 872 g/mol. The number of aliphatic imine (C=N–C) groups is 1. The Kier molecular flexibility index (Phi) is 15.0. The Balaban J connectivity index is 0.000000560. The van der Waals surface area contributed by atoms with Crippen LogP contribution in [-0.2, 0) is 27.2 Å². The quantitative estimate of drug-likeness (QED) is 0.142. The molecule has 4 atom stereocenters. The molecule has 0 spiro atoms. The molecule has 4 N–H and O–H groups in total. The predicted molar refractivity (Wildman–Crippen MR) is 262 cm³/mol. The van der Waals surface area contributed by atoms with Crippen LogP contribution in [0.2, 0.25) is 0 Å². The second-order valence-electron chi connectivity index (χ2n) is 18.6. The molecule has 2 aliphatic carbocycles. The standard InChI is InChI=1S/C45H54N6O2.C8H15NO2.2H2/c1-6-37(49-17-19-50(20-18-49)40-9-7-8-38-39(40)25-30(3)44(38)52)26-33-10-12-36(13-11-33)48-45-31(4)24-35-28-51(16-14-34(35)27-47-45)41-22-29(2)23-42-43(32(41)5)46-15-21-53-42;1-3-7(10)6(2)4-5-8(9)11;;/h7-13,27,29,31,45-46,48H,1,3,14-26,28H2,2,4-5H3;6H,3-5H2,1-2H3,(H2,9,11);2*1H. The Hall–Kier alpha value is -5.80. The highest BCUT2D eigenvalue weighted by atomic mass is 16.5. The van der Waals surface area contributed by atoms with Gasteiger partial charge in [0.25, 0.3) is 0 Å². The van der Waals surface area contributed by atoms with Crippen LogP contribution in [0.4, 0.5) is 11.4 Å². The molecule has 0 bridgehead atoms. The minimum atomic E-state index is -0.333. The number of ketones is 2. The maximum atomic E-state index is 12.5. The first kappa shape index (κ1) is 46.2. The van der Waals surface area contributed by atoms with E-state index >= 15 is 0 Å². The molecule has 64 heavy (non-hydrogen) atoms. The van der Waals surface area contributed by atoms with Crippen LogP contribution in [0.25, 0.3) is 0 Å². The Labute approximate surface area is 383 Å². The predicted octanol–water partition coefficient (Wildman–Crippen LogP) is 8.76. The number of fused-ring (bicyclic) bond motifs is 1. The summed E-state index contributed by atoms with van der Waals surface area (Å²) in [4.78, 5) is 46.4. The van der Waals surface area contributed by atoms with Crippen LogP contribution in [0.1, 0.15) is 104 Å². The minimum Gasteiger partial charge on any atom is -0.494 e. The molecule has 1 fully saturated rings. The second-order valence-corrected chi connectivity index (χ2v) is 18.6.